The molecule has 1 rings (SSSR count). The highest BCUT2D eigenvalue weighted by atomic mass is 14.8. The quantitative estimate of drug-likeness (QED) is 0.647. The third-order valence-corrected chi connectivity index (χ3v) is 3.31. The predicted molar refractivity (Wildman–Crippen MR) is 80.6 cm³/mol. The van der Waals surface area contributed by atoms with E-state index in [4.69, 9.17) is 0 Å². The molecule has 1 nitrogen and oxygen atoms in total. The van der Waals surface area contributed by atoms with E-state index in [0.29, 0.717) is 0 Å². The molecule has 0 heterocycles. The summed E-state index contributed by atoms with van der Waals surface area (Å²) in [5, 5.41) is 3.52. The van der Waals surface area contributed by atoms with Crippen molar-refractivity contribution in [3.05, 3.63) is 42.8 Å². The summed E-state index contributed by atoms with van der Waals surface area (Å²) in [7, 11) is 0. The van der Waals surface area contributed by atoms with E-state index in [1.54, 1.807) is 0 Å². The summed E-state index contributed by atoms with van der Waals surface area (Å²) in [6.07, 6.45) is 4.81. The van der Waals surface area contributed by atoms with Crippen LogP contribution in [0.4, 0.5) is 0 Å². The van der Waals surface area contributed by atoms with Crippen LogP contribution in [0.3, 0.4) is 0 Å². The lowest BCUT2D eigenvalue weighted by molar-refractivity contribution is 0.400. The Balaban J connectivity index is 2.42. The van der Waals surface area contributed by atoms with Crippen LogP contribution in [0.5, 0.6) is 0 Å². The van der Waals surface area contributed by atoms with Crippen molar-refractivity contribution in [2.45, 2.75) is 39.5 Å². The minimum atomic E-state index is 0.751. The maximum absolute atomic E-state index is 3.88. The smallest absolute Gasteiger partial charge is 0.00173 e. The van der Waals surface area contributed by atoms with E-state index in [0.717, 1.165) is 31.3 Å². The number of rotatable bonds is 9. The Morgan fingerprint density at radius 2 is 1.83 bits per heavy atom. The zero-order valence-electron chi connectivity index (χ0n) is 12.0. The highest BCUT2D eigenvalue weighted by Gasteiger charge is 2.10. The second-order valence-electron chi connectivity index (χ2n) is 5.58. The number of hydrogen-bond donors (Lipinski definition) is 1. The van der Waals surface area contributed by atoms with Crippen LogP contribution < -0.4 is 5.32 Å². The first-order valence-electron chi connectivity index (χ1n) is 7.26. The summed E-state index contributed by atoms with van der Waals surface area (Å²) in [6.45, 7) is 10.7. The van der Waals surface area contributed by atoms with Gasteiger partial charge in [-0.25, -0.2) is 0 Å². The van der Waals surface area contributed by atoms with Gasteiger partial charge in [0.2, 0.25) is 0 Å². The van der Waals surface area contributed by atoms with Gasteiger partial charge in [-0.2, -0.15) is 0 Å². The van der Waals surface area contributed by atoms with Gasteiger partial charge >= 0.3 is 0 Å². The molecule has 0 amide bonds. The van der Waals surface area contributed by atoms with Gasteiger partial charge in [0, 0.05) is 0 Å². The van der Waals surface area contributed by atoms with E-state index < -0.39 is 0 Å². The highest BCUT2D eigenvalue weighted by Crippen LogP contribution is 2.16. The van der Waals surface area contributed by atoms with Gasteiger partial charge in [-0.15, -0.1) is 0 Å². The van der Waals surface area contributed by atoms with Crippen LogP contribution in [-0.2, 0) is 6.42 Å². The van der Waals surface area contributed by atoms with E-state index in [1.807, 2.05) is 0 Å². The van der Waals surface area contributed by atoms with Gasteiger partial charge in [0.1, 0.15) is 0 Å². The molecule has 1 radical (unpaired) electrons. The van der Waals surface area contributed by atoms with Crippen molar-refractivity contribution < 1.29 is 0 Å². The molecule has 18 heavy (non-hydrogen) atoms. The average Bonchev–Trinajstić information content (AvgIpc) is 2.37. The Kier molecular flexibility index (Phi) is 7.75. The second kappa shape index (κ2) is 9.16. The van der Waals surface area contributed by atoms with Crippen LogP contribution in [0, 0.1) is 18.8 Å². The molecule has 1 N–H and O–H groups in total. The molecule has 1 unspecified atom stereocenters. The molecule has 0 fully saturated rings. The minimum absolute atomic E-state index is 0.751. The fourth-order valence-electron chi connectivity index (χ4n) is 2.22. The third-order valence-electron chi connectivity index (χ3n) is 3.31. The lowest BCUT2D eigenvalue weighted by atomic mass is 9.92. The zero-order valence-corrected chi connectivity index (χ0v) is 12.0. The van der Waals surface area contributed by atoms with Crippen molar-refractivity contribution in [2.75, 3.05) is 13.1 Å². The van der Waals surface area contributed by atoms with E-state index in [2.05, 4.69) is 56.4 Å². The fourth-order valence-corrected chi connectivity index (χ4v) is 2.22. The van der Waals surface area contributed by atoms with Crippen molar-refractivity contribution >= 4 is 0 Å². The maximum Gasteiger partial charge on any atom is -0.00173 e. The van der Waals surface area contributed by atoms with Crippen molar-refractivity contribution in [2.24, 2.45) is 11.8 Å². The molecule has 1 aromatic carbocycles. The SMILES string of the molecule is [CH2]CCNCC(CCC(C)C)Cc1ccccc1. The molecular weight excluding hydrogens is 218 g/mol. The van der Waals surface area contributed by atoms with Crippen molar-refractivity contribution in [1.82, 2.24) is 5.32 Å². The van der Waals surface area contributed by atoms with Gasteiger partial charge < -0.3 is 5.32 Å². The molecule has 0 aliphatic rings. The highest BCUT2D eigenvalue weighted by molar-refractivity contribution is 5.15. The molecule has 1 aromatic rings. The molecular formula is C17H28N. The fraction of sp³-hybridized carbons (Fsp3) is 0.588. The monoisotopic (exact) mass is 246 g/mol. The van der Waals surface area contributed by atoms with Crippen LogP contribution in [0.15, 0.2) is 30.3 Å². The molecule has 0 aromatic heterocycles. The van der Waals surface area contributed by atoms with Crippen LogP contribution in [0.25, 0.3) is 0 Å². The predicted octanol–water partition coefficient (Wildman–Crippen LogP) is 4.10. The molecule has 0 aliphatic heterocycles. The molecule has 0 spiro atoms. The lowest BCUT2D eigenvalue weighted by Gasteiger charge is -2.19. The molecule has 1 heteroatoms. The Hall–Kier alpha value is -0.820. The number of nitrogens with one attached hydrogen (secondary N) is 1. The molecule has 0 saturated carbocycles. The van der Waals surface area contributed by atoms with Crippen molar-refractivity contribution in [3.63, 3.8) is 0 Å². The summed E-state index contributed by atoms with van der Waals surface area (Å²) in [5.74, 6) is 1.55. The lowest BCUT2D eigenvalue weighted by Crippen LogP contribution is -2.25. The van der Waals surface area contributed by atoms with Crippen LogP contribution in [-0.4, -0.2) is 13.1 Å². The van der Waals surface area contributed by atoms with Gasteiger partial charge in [0.15, 0.2) is 0 Å². The Bertz CT molecular complexity index is 292. The minimum Gasteiger partial charge on any atom is -0.316 e. The first-order valence-corrected chi connectivity index (χ1v) is 7.26. The second-order valence-corrected chi connectivity index (χ2v) is 5.58. The van der Waals surface area contributed by atoms with E-state index >= 15 is 0 Å². The van der Waals surface area contributed by atoms with Crippen molar-refractivity contribution in [3.8, 4) is 0 Å². The van der Waals surface area contributed by atoms with Crippen LogP contribution in [0.2, 0.25) is 0 Å². The third kappa shape index (κ3) is 6.80. The van der Waals surface area contributed by atoms with Gasteiger partial charge in [-0.05, 0) is 49.8 Å². The summed E-state index contributed by atoms with van der Waals surface area (Å²) in [5.41, 5.74) is 1.46. The molecule has 1 atom stereocenters. The summed E-state index contributed by atoms with van der Waals surface area (Å²) in [6, 6.07) is 10.8. The first kappa shape index (κ1) is 15.2. The largest absolute Gasteiger partial charge is 0.316 e. The number of hydrogen-bond acceptors (Lipinski definition) is 1. The summed E-state index contributed by atoms with van der Waals surface area (Å²) in [4.78, 5) is 0. The standard InChI is InChI=1S/C17H28N/c1-4-12-18-14-17(11-10-15(2)3)13-16-8-6-5-7-9-16/h5-9,15,17-18H,1,4,10-14H2,2-3H3. The Labute approximate surface area is 113 Å². The van der Waals surface area contributed by atoms with E-state index in [-0.39, 0.29) is 0 Å². The van der Waals surface area contributed by atoms with Gasteiger partial charge in [-0.3, -0.25) is 0 Å². The van der Waals surface area contributed by atoms with E-state index in [9.17, 15) is 0 Å². The molecule has 0 aliphatic carbocycles. The summed E-state index contributed by atoms with van der Waals surface area (Å²) >= 11 is 0. The van der Waals surface area contributed by atoms with Crippen LogP contribution in [0.1, 0.15) is 38.7 Å². The maximum atomic E-state index is 3.88. The van der Waals surface area contributed by atoms with Gasteiger partial charge in [0.25, 0.3) is 0 Å². The number of benzene rings is 1. The van der Waals surface area contributed by atoms with Gasteiger partial charge in [-0.1, -0.05) is 57.5 Å². The molecule has 101 valence electrons. The summed E-state index contributed by atoms with van der Waals surface area (Å²) < 4.78 is 0. The van der Waals surface area contributed by atoms with Crippen molar-refractivity contribution in [1.29, 1.82) is 0 Å². The van der Waals surface area contributed by atoms with E-state index in [1.165, 1.54) is 24.8 Å². The Morgan fingerprint density at radius 1 is 1.11 bits per heavy atom. The first-order chi connectivity index (χ1) is 8.72. The zero-order chi connectivity index (χ0) is 13.2. The topological polar surface area (TPSA) is 12.0 Å². The Morgan fingerprint density at radius 3 is 2.44 bits per heavy atom. The molecule has 0 saturated heterocycles. The molecule has 0 bridgehead atoms. The average molecular weight is 246 g/mol. The van der Waals surface area contributed by atoms with Gasteiger partial charge in [0.05, 0.1) is 0 Å². The van der Waals surface area contributed by atoms with Crippen LogP contribution >= 0.6 is 0 Å². The normalized spacial score (nSPS) is 12.9.